The average Bonchev–Trinajstić information content (AvgIpc) is 1.84. The molecule has 2 amide bonds. The van der Waals surface area contributed by atoms with Gasteiger partial charge in [-0.25, -0.2) is 13.1 Å². The van der Waals surface area contributed by atoms with Crippen LogP contribution < -0.4 is 40.3 Å². The Morgan fingerprint density at radius 2 is 0.548 bits per heavy atom. The number of quaternary nitrogens is 1. The fraction of sp³-hybridized carbons (Fsp3) is 0.785. The molecule has 14 aliphatic rings. The average molecular weight is 2380 g/mol. The van der Waals surface area contributed by atoms with Crippen molar-refractivity contribution in [1.82, 2.24) is 10.6 Å². The number of ether oxygens (including phenoxy) is 1. The van der Waals surface area contributed by atoms with Gasteiger partial charge in [-0.2, -0.15) is 5.26 Å². The number of nitriles is 1. The van der Waals surface area contributed by atoms with Crippen molar-refractivity contribution in [2.24, 2.45) is 41.2 Å². The van der Waals surface area contributed by atoms with Crippen molar-refractivity contribution in [2.45, 2.75) is 449 Å². The first-order valence-electron chi connectivity index (χ1n) is 46.2. The number of carboxylic acid groups (broad SMARTS) is 1. The number of halogens is 4. The fourth-order valence-corrected chi connectivity index (χ4v) is 16.5. The van der Waals surface area contributed by atoms with Gasteiger partial charge < -0.3 is 158 Å². The number of rotatable bonds is 15. The third kappa shape index (κ3) is 122. The van der Waals surface area contributed by atoms with Crippen LogP contribution in [-0.2, 0) is 153 Å². The number of aliphatic hydroxyl groups excluding tert-OH is 2. The number of nitrogens with two attached hydrogens (primary N) is 1. The van der Waals surface area contributed by atoms with E-state index < -0.39 is 33.3 Å². The van der Waals surface area contributed by atoms with Crippen LogP contribution >= 0.6 is 34.8 Å². The third-order valence-electron chi connectivity index (χ3n) is 23.6. The predicted molar refractivity (Wildman–Crippen MR) is 559 cm³/mol. The van der Waals surface area contributed by atoms with E-state index in [0.29, 0.717) is 12.5 Å². The quantitative estimate of drug-likeness (QED) is 0.0224. The molecule has 3 atom stereocenters. The molecule has 0 saturated heterocycles. The van der Waals surface area contributed by atoms with E-state index in [1.807, 2.05) is 0 Å². The van der Waals surface area contributed by atoms with Gasteiger partial charge >= 0.3 is 147 Å². The SMILES string of the molecule is C1CCCC1.C1CCCC1.C1CCCC1.C1CCCC1.C1CCCC1.C1CCCC1.C1CCCC1.C1CCCC1.CC(N)(C#N)CO.C[N+](C)(C)CC1CCCC1.O=C(Cl)C(=O)Cl.O=C(Cl)C1CCCC1.O=C(O)C1CCCC1.[C-]#[N+]C(C)(CO)NC(=O)C1CCCC1.[C-]#[N+]C(C)(COCC1CCCC1)NC(=O)C1CCCC1.[CH3-].[CH3-].[CH3-].[CH3-].[CH3-].[CH3-].[CH3-].[CH3-].[CH3-].[CH3-].[CH3-].[CH3-].[CH3-].[CH3-].[Fe+2].[Fe+2].[Fe+2].[Fe+2].[Fe+2].[Fe+2].[Fe+2].[I-]. The molecule has 0 bridgehead atoms. The number of carbonyl (C=O) groups excluding carboxylic acids is 5. The Hall–Kier alpha value is 0.926. The molecule has 0 aromatic carbocycles. The topological polar surface area (TPSA) is 255 Å². The summed E-state index contributed by atoms with van der Waals surface area (Å²) in [6, 6.07) is 1.72. The van der Waals surface area contributed by atoms with Gasteiger partial charge in [-0.3, -0.25) is 49.1 Å². The van der Waals surface area contributed by atoms with Gasteiger partial charge in [-0.05, 0) is 125 Å². The van der Waals surface area contributed by atoms with Crippen LogP contribution in [0.1, 0.15) is 432 Å². The molecule has 0 radical (unpaired) electrons. The monoisotopic (exact) mass is 2380 g/mol. The van der Waals surface area contributed by atoms with Crippen LogP contribution in [0.25, 0.3) is 9.69 Å². The summed E-state index contributed by atoms with van der Waals surface area (Å²) in [5, 5.41) is 36.7. The van der Waals surface area contributed by atoms with E-state index in [9.17, 15) is 28.8 Å². The minimum absolute atomic E-state index is 0. The molecular formula is C107H211Cl3Fe7IN7O10. The number of amides is 2. The second-order valence-electron chi connectivity index (χ2n) is 36.1. The maximum Gasteiger partial charge on any atom is 2.00 e. The fourth-order valence-electron chi connectivity index (χ4n) is 16.3. The van der Waals surface area contributed by atoms with Crippen LogP contribution in [-0.4, -0.2) is 124 Å². The minimum Gasteiger partial charge on any atom is -1.00 e. The molecule has 17 nitrogen and oxygen atoms in total. The van der Waals surface area contributed by atoms with Crippen molar-refractivity contribution in [3.63, 3.8) is 0 Å². The Bertz CT molecular complexity index is 2290. The summed E-state index contributed by atoms with van der Waals surface area (Å²) < 4.78 is 6.85. The van der Waals surface area contributed by atoms with Gasteiger partial charge in [0, 0.05) is 44.1 Å². The Kier molecular flexibility index (Phi) is 188. The molecule has 7 N–H and O–H groups in total. The first-order valence-corrected chi connectivity index (χ1v) is 47.4. The van der Waals surface area contributed by atoms with E-state index in [-0.39, 0.29) is 301 Å². The zero-order valence-electron chi connectivity index (χ0n) is 89.8. The largest absolute Gasteiger partial charge is 2.00 e. The van der Waals surface area contributed by atoms with E-state index in [2.05, 4.69) is 64.7 Å². The summed E-state index contributed by atoms with van der Waals surface area (Å²) in [5.41, 5.74) is 2.00. The van der Waals surface area contributed by atoms with Crippen molar-refractivity contribution < 1.29 is 197 Å². The second-order valence-corrected chi connectivity index (χ2v) is 37.2. The van der Waals surface area contributed by atoms with E-state index in [1.54, 1.807) is 13.0 Å². The standard InChI is InChI=1S/C16H26N2O2.C10H16N2O2.C9H20N.C6H9ClO.C6H10O2.8C5H10.C4H8N2O.C2Cl2O2.14CH3.7Fe.HI/c1-16(17-2,12-20-11-13-7-3-4-8-13)18-15(19)14-9-5-6-10-14;1-10(7-13,11-2)12-9(14)8-5-3-4-6-8;1-10(2,3)8-9-6-4-5-7-9;2*7-6(8)5-3-1-2-4-5;8*1-2-4-5-3-1;1-4(6,2-5)3-7;3-1(5)2(4)6;;;;;;;;;;;;;;;;;;;;;;/h13-14H,3-12H2,1H3,(H,18,19);8,13H,3-7H2,1H3,(H,12,14);9H,4-8H2,1-3H3;5H,1-4H2;5H,1-4H2,(H,7,8);8*1-5H2;7H,3,6H2,1H3;;14*1H3;;;;;;;;1H/q;;+1;;;;;;;;;;;;;14*-1;7*+2;/p-1. The maximum absolute atomic E-state index is 12.1. The normalized spacial score (nSPS) is 18.2. The van der Waals surface area contributed by atoms with Crippen LogP contribution in [0.5, 0.6) is 0 Å². The van der Waals surface area contributed by atoms with Gasteiger partial charge in [0.2, 0.25) is 17.1 Å². The summed E-state index contributed by atoms with van der Waals surface area (Å²) in [7, 11) is 6.87. The molecule has 0 aromatic rings. The Balaban J connectivity index is -0.0000000479. The number of carbonyl (C=O) groups is 6. The summed E-state index contributed by atoms with van der Waals surface area (Å²) in [5.74, 6) is 1.33. The Morgan fingerprint density at radius 1 is 0.356 bits per heavy atom. The van der Waals surface area contributed by atoms with Gasteiger partial charge in [0.05, 0.1) is 46.3 Å². The van der Waals surface area contributed by atoms with Gasteiger partial charge in [0.1, 0.15) is 18.8 Å². The van der Waals surface area contributed by atoms with Crippen molar-refractivity contribution in [2.75, 3.05) is 54.1 Å². The molecule has 14 fully saturated rings. The van der Waals surface area contributed by atoms with Crippen LogP contribution in [0.3, 0.4) is 0 Å². The summed E-state index contributed by atoms with van der Waals surface area (Å²) in [6.07, 6.45) is 87.6. The molecule has 28 heteroatoms. The molecule has 0 aliphatic heterocycles. The molecule has 818 valence electrons. The van der Waals surface area contributed by atoms with Gasteiger partial charge in [0.25, 0.3) is 0 Å². The first kappa shape index (κ1) is 194. The van der Waals surface area contributed by atoms with Crippen molar-refractivity contribution in [1.29, 1.82) is 5.26 Å². The van der Waals surface area contributed by atoms with Gasteiger partial charge in [-0.15, -0.1) is 0 Å². The van der Waals surface area contributed by atoms with E-state index >= 15 is 0 Å². The van der Waals surface area contributed by atoms with Crippen LogP contribution in [0.15, 0.2) is 0 Å². The minimum atomic E-state index is -1.14. The van der Waals surface area contributed by atoms with Crippen LogP contribution in [0.2, 0.25) is 0 Å². The summed E-state index contributed by atoms with van der Waals surface area (Å²) in [6.45, 7) is 20.7. The second kappa shape index (κ2) is 131. The van der Waals surface area contributed by atoms with Crippen LogP contribution in [0, 0.1) is 164 Å². The number of hydrogen-bond acceptors (Lipinski definition) is 11. The molecule has 14 aliphatic carbocycles. The number of nitrogens with one attached hydrogen (secondary N) is 2. The molecular weight excluding hydrogens is 2170 g/mol. The molecule has 14 rings (SSSR count). The van der Waals surface area contributed by atoms with Crippen LogP contribution in [0.4, 0.5) is 0 Å². The molecule has 0 spiro atoms. The molecule has 0 heterocycles. The molecule has 3 unspecified atom stereocenters. The van der Waals surface area contributed by atoms with E-state index in [0.717, 1.165) is 107 Å². The van der Waals surface area contributed by atoms with Crippen molar-refractivity contribution >= 4 is 68.3 Å². The zero-order valence-corrected chi connectivity index (χ0v) is 102. The number of hydrogen-bond donors (Lipinski definition) is 6. The zero-order chi connectivity index (χ0) is 84.0. The predicted octanol–water partition coefficient (Wildman–Crippen LogP) is 27.8. The number of nitrogens with zero attached hydrogens (tertiary/aromatic N) is 4. The number of aliphatic hydroxyl groups is 2. The Labute approximate surface area is 948 Å². The summed E-state index contributed by atoms with van der Waals surface area (Å²) in [4.78, 5) is 70.0. The van der Waals surface area contributed by atoms with Crippen molar-refractivity contribution in [3.8, 4) is 6.07 Å². The Morgan fingerprint density at radius 3 is 0.696 bits per heavy atom. The van der Waals surface area contributed by atoms with Crippen molar-refractivity contribution in [3.05, 3.63) is 127 Å². The van der Waals surface area contributed by atoms with E-state index in [1.165, 1.54) is 341 Å². The molecule has 135 heavy (non-hydrogen) atoms. The molecule has 0 aromatic heterocycles. The van der Waals surface area contributed by atoms with Gasteiger partial charge in [0.15, 0.2) is 0 Å². The number of aliphatic carboxylic acids is 1. The smallest absolute Gasteiger partial charge is 1.00 e. The summed E-state index contributed by atoms with van der Waals surface area (Å²) >= 11 is 14.2. The number of carboxylic acids is 1. The third-order valence-corrected chi connectivity index (χ3v) is 24.4. The molecule has 14 saturated carbocycles. The van der Waals surface area contributed by atoms with E-state index in [4.69, 9.17) is 55.8 Å². The maximum atomic E-state index is 12.1. The van der Waals surface area contributed by atoms with Gasteiger partial charge in [-0.1, -0.05) is 334 Å². The first-order chi connectivity index (χ1) is 54.2.